The fourth-order valence-corrected chi connectivity index (χ4v) is 2.50. The lowest BCUT2D eigenvalue weighted by Gasteiger charge is -2.02. The molecule has 5 heteroatoms. The van der Waals surface area contributed by atoms with Gasteiger partial charge in [0.15, 0.2) is 0 Å². The lowest BCUT2D eigenvalue weighted by Crippen LogP contribution is -2.12. The Bertz CT molecular complexity index is 470. The zero-order valence-corrected chi connectivity index (χ0v) is 11.3. The molecule has 0 saturated carbocycles. The molecule has 2 heterocycles. The lowest BCUT2D eigenvalue weighted by molar-refractivity contribution is 0.686. The summed E-state index contributed by atoms with van der Waals surface area (Å²) >= 11 is 5.09. The second-order valence-corrected chi connectivity index (χ2v) is 5.36. The number of hydrogen-bond acceptors (Lipinski definition) is 4. The molecule has 0 atom stereocenters. The van der Waals surface area contributed by atoms with Crippen LogP contribution in [0.1, 0.15) is 16.3 Å². The first-order chi connectivity index (χ1) is 7.74. The zero-order valence-electron chi connectivity index (χ0n) is 8.90. The molecule has 0 aliphatic heterocycles. The standard InChI is InChI=1S/C11H12BrN3S/c1-8-7-16-11(15-8)6-14-4-9-2-10(12)5-13-3-9/h2-3,5,7,14H,4,6H2,1H3. The summed E-state index contributed by atoms with van der Waals surface area (Å²) < 4.78 is 1.01. The number of pyridine rings is 1. The topological polar surface area (TPSA) is 37.8 Å². The van der Waals surface area contributed by atoms with Crippen LogP contribution in [0, 0.1) is 6.92 Å². The van der Waals surface area contributed by atoms with Gasteiger partial charge in [-0.25, -0.2) is 4.98 Å². The highest BCUT2D eigenvalue weighted by Gasteiger charge is 1.99. The Morgan fingerprint density at radius 3 is 2.94 bits per heavy atom. The number of rotatable bonds is 4. The molecule has 2 rings (SSSR count). The van der Waals surface area contributed by atoms with Crippen molar-refractivity contribution in [3.8, 4) is 0 Å². The van der Waals surface area contributed by atoms with E-state index in [1.807, 2.05) is 13.1 Å². The van der Waals surface area contributed by atoms with Gasteiger partial charge in [0.2, 0.25) is 0 Å². The smallest absolute Gasteiger partial charge is 0.107 e. The van der Waals surface area contributed by atoms with E-state index in [2.05, 4.69) is 42.7 Å². The fraction of sp³-hybridized carbons (Fsp3) is 0.273. The van der Waals surface area contributed by atoms with Crippen molar-refractivity contribution < 1.29 is 0 Å². The van der Waals surface area contributed by atoms with Gasteiger partial charge >= 0.3 is 0 Å². The number of aromatic nitrogens is 2. The van der Waals surface area contributed by atoms with Crippen molar-refractivity contribution in [3.05, 3.63) is 44.6 Å². The third-order valence-corrected chi connectivity index (χ3v) is 3.43. The van der Waals surface area contributed by atoms with Crippen molar-refractivity contribution in [2.45, 2.75) is 20.0 Å². The van der Waals surface area contributed by atoms with E-state index in [0.29, 0.717) is 0 Å². The summed E-state index contributed by atoms with van der Waals surface area (Å²) in [6.45, 7) is 3.63. The Morgan fingerprint density at radius 1 is 1.38 bits per heavy atom. The Labute approximate surface area is 107 Å². The minimum atomic E-state index is 0.811. The summed E-state index contributed by atoms with van der Waals surface area (Å²) in [4.78, 5) is 8.50. The van der Waals surface area contributed by atoms with Gasteiger partial charge in [-0.15, -0.1) is 11.3 Å². The van der Waals surface area contributed by atoms with E-state index >= 15 is 0 Å². The highest BCUT2D eigenvalue weighted by molar-refractivity contribution is 9.10. The first kappa shape index (κ1) is 11.7. The van der Waals surface area contributed by atoms with Crippen LogP contribution in [0.5, 0.6) is 0 Å². The molecule has 0 unspecified atom stereocenters. The van der Waals surface area contributed by atoms with E-state index in [1.165, 1.54) is 5.56 Å². The van der Waals surface area contributed by atoms with Crippen LogP contribution in [-0.2, 0) is 13.1 Å². The summed E-state index contributed by atoms with van der Waals surface area (Å²) in [7, 11) is 0. The number of nitrogens with one attached hydrogen (secondary N) is 1. The molecule has 16 heavy (non-hydrogen) atoms. The van der Waals surface area contributed by atoms with Crippen LogP contribution in [0.25, 0.3) is 0 Å². The maximum absolute atomic E-state index is 4.39. The van der Waals surface area contributed by atoms with Gasteiger partial charge in [0.25, 0.3) is 0 Å². The molecule has 1 N–H and O–H groups in total. The van der Waals surface area contributed by atoms with Crippen LogP contribution in [-0.4, -0.2) is 9.97 Å². The zero-order chi connectivity index (χ0) is 11.4. The van der Waals surface area contributed by atoms with Gasteiger partial charge in [-0.2, -0.15) is 0 Å². The average Bonchev–Trinajstić information content (AvgIpc) is 2.64. The summed E-state index contributed by atoms with van der Waals surface area (Å²) in [5.74, 6) is 0. The van der Waals surface area contributed by atoms with E-state index in [9.17, 15) is 0 Å². The molecule has 0 radical (unpaired) electrons. The van der Waals surface area contributed by atoms with Gasteiger partial charge in [0.1, 0.15) is 5.01 Å². The fourth-order valence-electron chi connectivity index (χ4n) is 1.35. The molecule has 0 aromatic carbocycles. The van der Waals surface area contributed by atoms with Gasteiger partial charge in [-0.05, 0) is 34.5 Å². The number of halogens is 1. The molecule has 0 aliphatic carbocycles. The second-order valence-electron chi connectivity index (χ2n) is 3.50. The summed E-state index contributed by atoms with van der Waals surface area (Å²) in [5, 5.41) is 6.54. The molecule has 2 aromatic rings. The minimum absolute atomic E-state index is 0.811. The summed E-state index contributed by atoms with van der Waals surface area (Å²) in [6, 6.07) is 2.06. The van der Waals surface area contributed by atoms with Crippen molar-refractivity contribution in [2.75, 3.05) is 0 Å². The van der Waals surface area contributed by atoms with Crippen LogP contribution in [0.4, 0.5) is 0 Å². The third-order valence-electron chi connectivity index (χ3n) is 2.03. The maximum Gasteiger partial charge on any atom is 0.107 e. The predicted octanol–water partition coefficient (Wildman–Crippen LogP) is 2.90. The molecule has 0 saturated heterocycles. The van der Waals surface area contributed by atoms with E-state index in [4.69, 9.17) is 0 Å². The number of thiazole rings is 1. The number of aryl methyl sites for hydroxylation is 1. The Kier molecular flexibility index (Phi) is 4.04. The van der Waals surface area contributed by atoms with E-state index in [0.717, 1.165) is 28.3 Å². The molecule has 2 aromatic heterocycles. The molecule has 3 nitrogen and oxygen atoms in total. The van der Waals surface area contributed by atoms with Crippen molar-refractivity contribution in [1.29, 1.82) is 0 Å². The molecular weight excluding hydrogens is 286 g/mol. The van der Waals surface area contributed by atoms with Crippen molar-refractivity contribution in [2.24, 2.45) is 0 Å². The highest BCUT2D eigenvalue weighted by Crippen LogP contribution is 2.10. The maximum atomic E-state index is 4.39. The largest absolute Gasteiger partial charge is 0.306 e. The number of hydrogen-bond donors (Lipinski definition) is 1. The molecule has 0 aliphatic rings. The van der Waals surface area contributed by atoms with Crippen LogP contribution in [0.15, 0.2) is 28.3 Å². The van der Waals surface area contributed by atoms with Crippen LogP contribution >= 0.6 is 27.3 Å². The lowest BCUT2D eigenvalue weighted by atomic mass is 10.3. The monoisotopic (exact) mass is 297 g/mol. The van der Waals surface area contributed by atoms with Gasteiger partial charge in [0.05, 0.1) is 0 Å². The minimum Gasteiger partial charge on any atom is -0.306 e. The summed E-state index contributed by atoms with van der Waals surface area (Å²) in [5.41, 5.74) is 2.26. The highest BCUT2D eigenvalue weighted by atomic mass is 79.9. The van der Waals surface area contributed by atoms with Crippen LogP contribution in [0.2, 0.25) is 0 Å². The molecule has 0 spiro atoms. The van der Waals surface area contributed by atoms with E-state index in [-0.39, 0.29) is 0 Å². The van der Waals surface area contributed by atoms with Crippen molar-refractivity contribution in [3.63, 3.8) is 0 Å². The first-order valence-corrected chi connectivity index (χ1v) is 6.62. The molecule has 84 valence electrons. The van der Waals surface area contributed by atoms with E-state index in [1.54, 1.807) is 17.5 Å². The molecule has 0 fully saturated rings. The summed E-state index contributed by atoms with van der Waals surface area (Å²) in [6.07, 6.45) is 3.65. The van der Waals surface area contributed by atoms with Gasteiger partial charge in [-0.1, -0.05) is 0 Å². The molecule has 0 amide bonds. The first-order valence-electron chi connectivity index (χ1n) is 4.95. The third kappa shape index (κ3) is 3.37. The number of nitrogens with zero attached hydrogens (tertiary/aromatic N) is 2. The van der Waals surface area contributed by atoms with Crippen molar-refractivity contribution in [1.82, 2.24) is 15.3 Å². The Balaban J connectivity index is 1.84. The average molecular weight is 298 g/mol. The quantitative estimate of drug-likeness (QED) is 0.943. The normalized spacial score (nSPS) is 10.6. The Hall–Kier alpha value is -0.780. The van der Waals surface area contributed by atoms with Gasteiger partial charge in [-0.3, -0.25) is 4.98 Å². The van der Waals surface area contributed by atoms with Crippen LogP contribution < -0.4 is 5.32 Å². The SMILES string of the molecule is Cc1csc(CNCc2cncc(Br)c2)n1. The van der Waals surface area contributed by atoms with Gasteiger partial charge in [0, 0.05) is 41.0 Å². The van der Waals surface area contributed by atoms with Gasteiger partial charge < -0.3 is 5.32 Å². The predicted molar refractivity (Wildman–Crippen MR) is 69.3 cm³/mol. The molecular formula is C11H12BrN3S. The Morgan fingerprint density at radius 2 is 2.25 bits per heavy atom. The van der Waals surface area contributed by atoms with E-state index < -0.39 is 0 Å². The second kappa shape index (κ2) is 5.52. The molecule has 0 bridgehead atoms. The van der Waals surface area contributed by atoms with Crippen LogP contribution in [0.3, 0.4) is 0 Å². The van der Waals surface area contributed by atoms with Crippen molar-refractivity contribution >= 4 is 27.3 Å².